The minimum atomic E-state index is 0.388. The van der Waals surface area contributed by atoms with Gasteiger partial charge in [0.2, 0.25) is 0 Å². The lowest BCUT2D eigenvalue weighted by atomic mass is 9.90. The molecule has 0 fully saturated rings. The monoisotopic (exact) mass is 308 g/mol. The maximum Gasteiger partial charge on any atom is 0.00612 e. The number of fused-ring (bicyclic) bond motifs is 1. The van der Waals surface area contributed by atoms with Gasteiger partial charge in [-0.25, -0.2) is 0 Å². The molecule has 24 heavy (non-hydrogen) atoms. The van der Waals surface area contributed by atoms with Crippen LogP contribution in [0.4, 0.5) is 0 Å². The molecule has 0 nitrogen and oxygen atoms in total. The van der Waals surface area contributed by atoms with Crippen molar-refractivity contribution in [3.05, 3.63) is 108 Å². The minimum Gasteiger partial charge on any atom is -0.0622 e. The summed E-state index contributed by atoms with van der Waals surface area (Å²) in [4.78, 5) is 0. The highest BCUT2D eigenvalue weighted by Gasteiger charge is 2.09. The van der Waals surface area contributed by atoms with E-state index in [-0.39, 0.29) is 0 Å². The van der Waals surface area contributed by atoms with Crippen LogP contribution >= 0.6 is 0 Å². The van der Waals surface area contributed by atoms with Crippen molar-refractivity contribution < 1.29 is 0 Å². The summed E-state index contributed by atoms with van der Waals surface area (Å²) in [6.07, 6.45) is 0. The van der Waals surface area contributed by atoms with Crippen LogP contribution in [0.2, 0.25) is 0 Å². The summed E-state index contributed by atoms with van der Waals surface area (Å²) in [5, 5.41) is 2.61. The molecule has 1 atom stereocenters. The molecule has 4 aromatic carbocycles. The van der Waals surface area contributed by atoms with E-state index in [1.165, 1.54) is 33.0 Å². The van der Waals surface area contributed by atoms with Gasteiger partial charge in [-0.2, -0.15) is 0 Å². The fraction of sp³-hybridized carbons (Fsp3) is 0.0833. The molecule has 0 saturated heterocycles. The van der Waals surface area contributed by atoms with E-state index in [2.05, 4.69) is 104 Å². The summed E-state index contributed by atoms with van der Waals surface area (Å²) in [5.41, 5.74) is 5.25. The van der Waals surface area contributed by atoms with Gasteiger partial charge in [0, 0.05) is 5.92 Å². The summed E-state index contributed by atoms with van der Waals surface area (Å²) in [7, 11) is 0. The molecule has 0 N–H and O–H groups in total. The SMILES string of the molecule is CC(c1ccc(-c2ccccc2)cc1)c1ccc2ccccc2c1. The van der Waals surface area contributed by atoms with Gasteiger partial charge in [-0.3, -0.25) is 0 Å². The maximum atomic E-state index is 2.31. The lowest BCUT2D eigenvalue weighted by molar-refractivity contribution is 0.925. The van der Waals surface area contributed by atoms with Crippen LogP contribution < -0.4 is 0 Å². The third kappa shape index (κ3) is 2.83. The van der Waals surface area contributed by atoms with Gasteiger partial charge in [0.25, 0.3) is 0 Å². The molecule has 0 aliphatic heterocycles. The Hall–Kier alpha value is -2.86. The first-order valence-corrected chi connectivity index (χ1v) is 8.45. The molecule has 0 saturated carbocycles. The second kappa shape index (κ2) is 6.33. The highest BCUT2D eigenvalue weighted by molar-refractivity contribution is 5.83. The Balaban J connectivity index is 1.64. The van der Waals surface area contributed by atoms with Gasteiger partial charge in [0.1, 0.15) is 0 Å². The number of benzene rings is 4. The number of hydrogen-bond acceptors (Lipinski definition) is 0. The molecule has 0 amide bonds. The van der Waals surface area contributed by atoms with Gasteiger partial charge in [-0.05, 0) is 33.0 Å². The van der Waals surface area contributed by atoms with E-state index in [0.29, 0.717) is 5.92 Å². The summed E-state index contributed by atoms with van der Waals surface area (Å²) in [5.74, 6) is 0.388. The Morgan fingerprint density at radius 3 is 1.83 bits per heavy atom. The standard InChI is InChI=1S/C24H20/c1-18(23-16-15-21-9-5-6-10-24(21)17-23)19-11-13-22(14-12-19)20-7-3-2-4-8-20/h2-18H,1H3. The highest BCUT2D eigenvalue weighted by Crippen LogP contribution is 2.29. The maximum absolute atomic E-state index is 2.31. The Kier molecular flexibility index (Phi) is 3.88. The Morgan fingerprint density at radius 1 is 0.500 bits per heavy atom. The van der Waals surface area contributed by atoms with Crippen molar-refractivity contribution in [1.82, 2.24) is 0 Å². The van der Waals surface area contributed by atoms with Crippen LogP contribution in [-0.4, -0.2) is 0 Å². The Morgan fingerprint density at radius 2 is 1.08 bits per heavy atom. The van der Waals surface area contributed by atoms with Crippen LogP contribution in [0.1, 0.15) is 24.0 Å². The molecular formula is C24H20. The molecule has 0 bridgehead atoms. The topological polar surface area (TPSA) is 0 Å². The second-order valence-corrected chi connectivity index (χ2v) is 6.32. The van der Waals surface area contributed by atoms with Crippen molar-refractivity contribution in [1.29, 1.82) is 0 Å². The normalized spacial score (nSPS) is 12.2. The summed E-state index contributed by atoms with van der Waals surface area (Å²) in [6.45, 7) is 2.28. The molecule has 0 heterocycles. The van der Waals surface area contributed by atoms with Crippen molar-refractivity contribution in [2.45, 2.75) is 12.8 Å². The van der Waals surface area contributed by atoms with Crippen LogP contribution in [0.15, 0.2) is 97.1 Å². The number of hydrogen-bond donors (Lipinski definition) is 0. The molecule has 4 aromatic rings. The van der Waals surface area contributed by atoms with E-state index in [4.69, 9.17) is 0 Å². The van der Waals surface area contributed by atoms with E-state index in [0.717, 1.165) is 0 Å². The van der Waals surface area contributed by atoms with Crippen LogP contribution in [0, 0.1) is 0 Å². The smallest absolute Gasteiger partial charge is 0.00612 e. The zero-order chi connectivity index (χ0) is 16.4. The van der Waals surface area contributed by atoms with Gasteiger partial charge in [-0.1, -0.05) is 104 Å². The molecule has 0 radical (unpaired) electrons. The van der Waals surface area contributed by atoms with Crippen molar-refractivity contribution in [2.75, 3.05) is 0 Å². The van der Waals surface area contributed by atoms with Crippen LogP contribution in [0.5, 0.6) is 0 Å². The predicted octanol–water partition coefficient (Wildman–Crippen LogP) is 6.66. The van der Waals surface area contributed by atoms with Gasteiger partial charge in [0.15, 0.2) is 0 Å². The van der Waals surface area contributed by atoms with Crippen LogP contribution in [0.25, 0.3) is 21.9 Å². The fourth-order valence-electron chi connectivity index (χ4n) is 3.26. The van der Waals surface area contributed by atoms with E-state index < -0.39 is 0 Å². The van der Waals surface area contributed by atoms with Crippen LogP contribution in [-0.2, 0) is 0 Å². The average molecular weight is 308 g/mol. The quantitative estimate of drug-likeness (QED) is 0.397. The Bertz CT molecular complexity index is 950. The van der Waals surface area contributed by atoms with E-state index >= 15 is 0 Å². The molecule has 0 aliphatic rings. The lowest BCUT2D eigenvalue weighted by Crippen LogP contribution is -1.96. The second-order valence-electron chi connectivity index (χ2n) is 6.32. The van der Waals surface area contributed by atoms with Gasteiger partial charge in [0.05, 0.1) is 0 Å². The van der Waals surface area contributed by atoms with Gasteiger partial charge in [-0.15, -0.1) is 0 Å². The molecule has 4 rings (SSSR count). The minimum absolute atomic E-state index is 0.388. The molecular weight excluding hydrogens is 288 g/mol. The molecule has 0 spiro atoms. The molecule has 0 heteroatoms. The predicted molar refractivity (Wildman–Crippen MR) is 103 cm³/mol. The van der Waals surface area contributed by atoms with E-state index in [1.54, 1.807) is 0 Å². The Labute approximate surface area is 143 Å². The molecule has 0 aliphatic carbocycles. The van der Waals surface area contributed by atoms with Gasteiger partial charge < -0.3 is 0 Å². The highest BCUT2D eigenvalue weighted by atomic mass is 14.1. The first-order chi connectivity index (χ1) is 11.8. The molecule has 0 aromatic heterocycles. The lowest BCUT2D eigenvalue weighted by Gasteiger charge is -2.14. The average Bonchev–Trinajstić information content (AvgIpc) is 2.68. The molecule has 116 valence electrons. The first kappa shape index (κ1) is 14.7. The fourth-order valence-corrected chi connectivity index (χ4v) is 3.26. The van der Waals surface area contributed by atoms with E-state index in [1.807, 2.05) is 0 Å². The summed E-state index contributed by atoms with van der Waals surface area (Å²) >= 11 is 0. The van der Waals surface area contributed by atoms with E-state index in [9.17, 15) is 0 Å². The summed E-state index contributed by atoms with van der Waals surface area (Å²) < 4.78 is 0. The zero-order valence-corrected chi connectivity index (χ0v) is 13.8. The third-order valence-electron chi connectivity index (χ3n) is 4.79. The van der Waals surface area contributed by atoms with Crippen molar-refractivity contribution in [3.63, 3.8) is 0 Å². The first-order valence-electron chi connectivity index (χ1n) is 8.45. The van der Waals surface area contributed by atoms with Crippen molar-refractivity contribution >= 4 is 10.8 Å². The zero-order valence-electron chi connectivity index (χ0n) is 13.8. The number of rotatable bonds is 3. The summed E-state index contributed by atoms with van der Waals surface area (Å²) in [6, 6.07) is 34.8. The third-order valence-corrected chi connectivity index (χ3v) is 4.79. The van der Waals surface area contributed by atoms with Gasteiger partial charge >= 0.3 is 0 Å². The molecule has 1 unspecified atom stereocenters. The van der Waals surface area contributed by atoms with Crippen molar-refractivity contribution in [3.8, 4) is 11.1 Å². The van der Waals surface area contributed by atoms with Crippen LogP contribution in [0.3, 0.4) is 0 Å². The largest absolute Gasteiger partial charge is 0.0622 e. The van der Waals surface area contributed by atoms with Crippen molar-refractivity contribution in [2.24, 2.45) is 0 Å².